The number of nitrogens with one attached hydrogen (secondary N) is 1. The van der Waals surface area contributed by atoms with Crippen LogP contribution >= 0.6 is 11.3 Å². The zero-order valence-corrected chi connectivity index (χ0v) is 19.5. The van der Waals surface area contributed by atoms with Gasteiger partial charge in [-0.25, -0.2) is 9.48 Å². The number of carbonyl (C=O) groups excluding carboxylic acids is 3. The van der Waals surface area contributed by atoms with Gasteiger partial charge in [0.1, 0.15) is 5.00 Å². The number of hydrogen-bond acceptors (Lipinski definition) is 6. The summed E-state index contributed by atoms with van der Waals surface area (Å²) < 4.78 is 6.83. The molecule has 0 unspecified atom stereocenters. The van der Waals surface area contributed by atoms with Crippen LogP contribution in [0.5, 0.6) is 0 Å². The standard InChI is InChI=1S/C26H22N4O4S/c27-24(32)23-18-12-7-13-21(18)35-25(23)28-22(31)15-34-26(33)20-14-19(16-8-3-1-4-9-16)29-30(20)17-10-5-2-6-11-17/h1-6,8-11,14H,7,12-13,15H2,(H2,27,32)(H,28,31). The fourth-order valence-corrected chi connectivity index (χ4v) is 5.47. The Morgan fingerprint density at radius 3 is 2.46 bits per heavy atom. The van der Waals surface area contributed by atoms with Crippen molar-refractivity contribution >= 4 is 34.1 Å². The van der Waals surface area contributed by atoms with Gasteiger partial charge in [-0.3, -0.25) is 9.59 Å². The SMILES string of the molecule is NC(=O)c1c(NC(=O)COC(=O)c2cc(-c3ccccc3)nn2-c2ccccc2)sc2c1CCC2. The van der Waals surface area contributed by atoms with Gasteiger partial charge < -0.3 is 15.8 Å². The summed E-state index contributed by atoms with van der Waals surface area (Å²) in [6.07, 6.45) is 2.59. The second-order valence-electron chi connectivity index (χ2n) is 8.08. The molecule has 0 bridgehead atoms. The van der Waals surface area contributed by atoms with E-state index in [1.54, 1.807) is 6.07 Å². The van der Waals surface area contributed by atoms with Gasteiger partial charge in [0, 0.05) is 10.4 Å². The Labute approximate surface area is 205 Å². The maximum absolute atomic E-state index is 13.0. The molecule has 0 fully saturated rings. The number of rotatable bonds is 7. The Kier molecular flexibility index (Phi) is 6.15. The van der Waals surface area contributed by atoms with Gasteiger partial charge in [-0.15, -0.1) is 11.3 Å². The summed E-state index contributed by atoms with van der Waals surface area (Å²) in [6, 6.07) is 20.3. The van der Waals surface area contributed by atoms with E-state index >= 15 is 0 Å². The van der Waals surface area contributed by atoms with Crippen LogP contribution in [0.3, 0.4) is 0 Å². The van der Waals surface area contributed by atoms with Crippen molar-refractivity contribution in [1.82, 2.24) is 9.78 Å². The van der Waals surface area contributed by atoms with Crippen LogP contribution in [-0.4, -0.2) is 34.2 Å². The number of para-hydroxylation sites is 1. The molecule has 8 nitrogen and oxygen atoms in total. The van der Waals surface area contributed by atoms with Gasteiger partial charge in [0.05, 0.1) is 16.9 Å². The van der Waals surface area contributed by atoms with Crippen LogP contribution in [0.25, 0.3) is 16.9 Å². The molecule has 1 aliphatic rings. The summed E-state index contributed by atoms with van der Waals surface area (Å²) >= 11 is 1.35. The van der Waals surface area contributed by atoms with Gasteiger partial charge in [0.15, 0.2) is 12.3 Å². The molecule has 3 N–H and O–H groups in total. The second-order valence-corrected chi connectivity index (χ2v) is 9.18. The number of fused-ring (bicyclic) bond motifs is 1. The molecule has 9 heteroatoms. The number of nitrogens with zero attached hydrogens (tertiary/aromatic N) is 2. The normalized spacial score (nSPS) is 12.2. The van der Waals surface area contributed by atoms with E-state index in [-0.39, 0.29) is 5.69 Å². The molecular formula is C26H22N4O4S. The quantitative estimate of drug-likeness (QED) is 0.383. The summed E-state index contributed by atoms with van der Waals surface area (Å²) in [5, 5.41) is 7.68. The second kappa shape index (κ2) is 9.55. The molecule has 35 heavy (non-hydrogen) atoms. The Bertz CT molecular complexity index is 1410. The lowest BCUT2D eigenvalue weighted by molar-refractivity contribution is -0.119. The van der Waals surface area contributed by atoms with E-state index in [4.69, 9.17) is 10.5 Å². The van der Waals surface area contributed by atoms with Gasteiger partial charge in [-0.2, -0.15) is 5.10 Å². The lowest BCUT2D eigenvalue weighted by Crippen LogP contribution is -2.23. The maximum Gasteiger partial charge on any atom is 0.357 e. The summed E-state index contributed by atoms with van der Waals surface area (Å²) in [5.74, 6) is -1.81. The summed E-state index contributed by atoms with van der Waals surface area (Å²) in [4.78, 5) is 38.6. The number of ether oxygens (including phenoxy) is 1. The zero-order chi connectivity index (χ0) is 24.4. The predicted octanol–water partition coefficient (Wildman–Crippen LogP) is 3.98. The number of esters is 1. The molecule has 2 amide bonds. The van der Waals surface area contributed by atoms with Gasteiger partial charge in [0.2, 0.25) is 0 Å². The number of amides is 2. The number of anilines is 1. The molecule has 0 saturated carbocycles. The molecule has 2 heterocycles. The minimum absolute atomic E-state index is 0.191. The highest BCUT2D eigenvalue weighted by atomic mass is 32.1. The molecule has 176 valence electrons. The number of hydrogen-bond donors (Lipinski definition) is 2. The minimum atomic E-state index is -0.692. The lowest BCUT2D eigenvalue weighted by Gasteiger charge is -2.09. The van der Waals surface area contributed by atoms with E-state index in [1.807, 2.05) is 60.7 Å². The van der Waals surface area contributed by atoms with Gasteiger partial charge in [0.25, 0.3) is 11.8 Å². The molecule has 2 aromatic heterocycles. The van der Waals surface area contributed by atoms with E-state index in [1.165, 1.54) is 16.0 Å². The fourth-order valence-electron chi connectivity index (χ4n) is 4.16. The molecule has 0 aliphatic heterocycles. The Hall–Kier alpha value is -4.24. The molecule has 0 spiro atoms. The van der Waals surface area contributed by atoms with E-state index in [9.17, 15) is 14.4 Å². The maximum atomic E-state index is 13.0. The van der Waals surface area contributed by atoms with Crippen molar-refractivity contribution in [1.29, 1.82) is 0 Å². The molecule has 4 aromatic rings. The first kappa shape index (κ1) is 22.5. The van der Waals surface area contributed by atoms with Crippen LogP contribution in [0, 0.1) is 0 Å². The van der Waals surface area contributed by atoms with Crippen molar-refractivity contribution in [2.75, 3.05) is 11.9 Å². The highest BCUT2D eigenvalue weighted by molar-refractivity contribution is 7.17. The van der Waals surface area contributed by atoms with E-state index in [0.717, 1.165) is 35.3 Å². The van der Waals surface area contributed by atoms with Crippen molar-refractivity contribution in [2.24, 2.45) is 5.73 Å². The number of carbonyl (C=O) groups is 3. The minimum Gasteiger partial charge on any atom is -0.451 e. The highest BCUT2D eigenvalue weighted by Gasteiger charge is 2.26. The third-order valence-electron chi connectivity index (χ3n) is 5.74. The van der Waals surface area contributed by atoms with Crippen LogP contribution in [0.15, 0.2) is 66.7 Å². The van der Waals surface area contributed by atoms with E-state index in [0.29, 0.717) is 21.9 Å². The summed E-state index contributed by atoms with van der Waals surface area (Å²) in [5.41, 5.74) is 9.14. The Morgan fingerprint density at radius 2 is 1.74 bits per heavy atom. The van der Waals surface area contributed by atoms with Crippen molar-refractivity contribution in [3.8, 4) is 16.9 Å². The molecule has 0 saturated heterocycles. The monoisotopic (exact) mass is 486 g/mol. The van der Waals surface area contributed by atoms with Crippen LogP contribution in [-0.2, 0) is 22.4 Å². The lowest BCUT2D eigenvalue weighted by atomic mass is 10.1. The average molecular weight is 487 g/mol. The third kappa shape index (κ3) is 4.58. The molecule has 1 aliphatic carbocycles. The summed E-state index contributed by atoms with van der Waals surface area (Å²) in [7, 11) is 0. The van der Waals surface area contributed by atoms with E-state index < -0.39 is 24.4 Å². The largest absolute Gasteiger partial charge is 0.451 e. The first-order valence-electron chi connectivity index (χ1n) is 11.1. The van der Waals surface area contributed by atoms with Gasteiger partial charge in [-0.1, -0.05) is 48.5 Å². The van der Waals surface area contributed by atoms with Crippen LogP contribution in [0.2, 0.25) is 0 Å². The third-order valence-corrected chi connectivity index (χ3v) is 6.95. The number of thiophene rings is 1. The Balaban J connectivity index is 1.34. The first-order valence-corrected chi connectivity index (χ1v) is 11.9. The average Bonchev–Trinajstić information content (AvgIpc) is 3.58. The van der Waals surface area contributed by atoms with Crippen molar-refractivity contribution in [3.63, 3.8) is 0 Å². The topological polar surface area (TPSA) is 116 Å². The zero-order valence-electron chi connectivity index (χ0n) is 18.7. The first-order chi connectivity index (χ1) is 17.0. The smallest absolute Gasteiger partial charge is 0.357 e. The number of nitrogens with two attached hydrogens (primary N) is 1. The number of aromatic nitrogens is 2. The molecular weight excluding hydrogens is 464 g/mol. The molecule has 2 aromatic carbocycles. The molecule has 5 rings (SSSR count). The predicted molar refractivity (Wildman–Crippen MR) is 133 cm³/mol. The Morgan fingerprint density at radius 1 is 1.03 bits per heavy atom. The van der Waals surface area contributed by atoms with Crippen molar-refractivity contribution in [3.05, 3.63) is 88.4 Å². The molecule has 0 atom stereocenters. The number of benzene rings is 2. The van der Waals surface area contributed by atoms with E-state index in [2.05, 4.69) is 10.4 Å². The van der Waals surface area contributed by atoms with Gasteiger partial charge >= 0.3 is 5.97 Å². The van der Waals surface area contributed by atoms with Crippen LogP contribution < -0.4 is 11.1 Å². The molecule has 0 radical (unpaired) electrons. The van der Waals surface area contributed by atoms with Gasteiger partial charge in [-0.05, 0) is 43.0 Å². The summed E-state index contributed by atoms with van der Waals surface area (Å²) in [6.45, 7) is -0.514. The fraction of sp³-hybridized carbons (Fsp3) is 0.154. The van der Waals surface area contributed by atoms with Crippen LogP contribution in [0.4, 0.5) is 5.00 Å². The van der Waals surface area contributed by atoms with Crippen LogP contribution in [0.1, 0.15) is 37.7 Å². The van der Waals surface area contributed by atoms with Crippen molar-refractivity contribution in [2.45, 2.75) is 19.3 Å². The number of aryl methyl sites for hydroxylation is 1. The number of primary amides is 1. The van der Waals surface area contributed by atoms with Crippen molar-refractivity contribution < 1.29 is 19.1 Å². The highest BCUT2D eigenvalue weighted by Crippen LogP contribution is 2.38.